The first-order valence-electron chi connectivity index (χ1n) is 5.34. The van der Waals surface area contributed by atoms with Crippen LogP contribution in [-0.4, -0.2) is 11.9 Å². The van der Waals surface area contributed by atoms with Crippen molar-refractivity contribution in [2.24, 2.45) is 0 Å². The van der Waals surface area contributed by atoms with Gasteiger partial charge in [0.15, 0.2) is 0 Å². The van der Waals surface area contributed by atoms with Gasteiger partial charge in [-0.3, -0.25) is 4.79 Å². The van der Waals surface area contributed by atoms with Crippen LogP contribution in [0.4, 0.5) is 4.39 Å². The van der Waals surface area contributed by atoms with Gasteiger partial charge in [-0.25, -0.2) is 4.39 Å². The molecule has 1 N–H and O–H groups in total. The summed E-state index contributed by atoms with van der Waals surface area (Å²) in [5.74, 6) is 1.38. The maximum atomic E-state index is 13.4. The van der Waals surface area contributed by atoms with Crippen molar-refractivity contribution in [2.45, 2.75) is 30.7 Å². The average Bonchev–Trinajstić information content (AvgIpc) is 2.31. The number of carbonyl (C=O) groups is 1. The second-order valence-corrected chi connectivity index (χ2v) is 4.16. The highest BCUT2D eigenvalue weighted by molar-refractivity contribution is 7.80. The van der Waals surface area contributed by atoms with Gasteiger partial charge in [0, 0.05) is 4.90 Å². The van der Waals surface area contributed by atoms with E-state index < -0.39 is 11.7 Å². The fourth-order valence-electron chi connectivity index (χ4n) is 1.41. The lowest BCUT2D eigenvalue weighted by molar-refractivity contribution is 0.0940. The maximum absolute atomic E-state index is 13.4. The Balaban J connectivity index is 2.83. The highest BCUT2D eigenvalue weighted by Crippen LogP contribution is 2.13. The quantitative estimate of drug-likeness (QED) is 0.625. The molecule has 0 aliphatic carbocycles. The van der Waals surface area contributed by atoms with Crippen LogP contribution >= 0.6 is 12.6 Å². The van der Waals surface area contributed by atoms with E-state index in [-0.39, 0.29) is 11.6 Å². The van der Waals surface area contributed by atoms with Gasteiger partial charge in [-0.15, -0.1) is 19.1 Å². The number of nitrogens with one attached hydrogen (secondary N) is 1. The molecule has 4 heteroatoms. The topological polar surface area (TPSA) is 29.1 Å². The van der Waals surface area contributed by atoms with Crippen LogP contribution in [0.3, 0.4) is 0 Å². The lowest BCUT2D eigenvalue weighted by Crippen LogP contribution is -2.34. The Kier molecular flexibility index (Phi) is 5.05. The largest absolute Gasteiger partial charge is 0.338 e. The van der Waals surface area contributed by atoms with Crippen molar-refractivity contribution in [3.05, 3.63) is 29.6 Å². The molecule has 90 valence electrons. The summed E-state index contributed by atoms with van der Waals surface area (Å²) in [5.41, 5.74) is -0.0335. The number of terminal acetylenes is 1. The van der Waals surface area contributed by atoms with E-state index in [1.165, 1.54) is 18.2 Å². The molecule has 1 amide bonds. The molecular weight excluding hydrogens is 237 g/mol. The minimum atomic E-state index is -0.576. The van der Waals surface area contributed by atoms with Crippen molar-refractivity contribution >= 4 is 18.5 Å². The van der Waals surface area contributed by atoms with Crippen LogP contribution in [-0.2, 0) is 0 Å². The standard InChI is InChI=1S/C13H14FNOS/c1-3-5-9(4-2)15-13(16)11-8-10(17)6-7-12(11)14/h2,6-9,17H,3,5H2,1H3,(H,15,16). The van der Waals surface area contributed by atoms with Crippen LogP contribution in [0.25, 0.3) is 0 Å². The molecule has 0 aliphatic heterocycles. The molecule has 17 heavy (non-hydrogen) atoms. The summed E-state index contributed by atoms with van der Waals surface area (Å²) >= 11 is 4.06. The molecule has 0 fully saturated rings. The second kappa shape index (κ2) is 6.31. The number of hydrogen-bond donors (Lipinski definition) is 2. The van der Waals surface area contributed by atoms with E-state index in [0.29, 0.717) is 11.3 Å². The number of halogens is 1. The van der Waals surface area contributed by atoms with E-state index in [1.54, 1.807) is 0 Å². The van der Waals surface area contributed by atoms with Crippen molar-refractivity contribution in [2.75, 3.05) is 0 Å². The van der Waals surface area contributed by atoms with E-state index >= 15 is 0 Å². The average molecular weight is 251 g/mol. The summed E-state index contributed by atoms with van der Waals surface area (Å²) in [6.45, 7) is 1.96. The van der Waals surface area contributed by atoms with Crippen LogP contribution in [0, 0.1) is 18.2 Å². The molecule has 0 saturated carbocycles. The van der Waals surface area contributed by atoms with Gasteiger partial charge in [-0.05, 0) is 24.6 Å². The highest BCUT2D eigenvalue weighted by atomic mass is 32.1. The number of carbonyl (C=O) groups excluding carboxylic acids is 1. The molecular formula is C13H14FNOS. The summed E-state index contributed by atoms with van der Waals surface area (Å²) in [4.78, 5) is 12.3. The summed E-state index contributed by atoms with van der Waals surface area (Å²) in [6.07, 6.45) is 6.80. The van der Waals surface area contributed by atoms with Crippen molar-refractivity contribution in [1.82, 2.24) is 5.32 Å². The molecule has 0 spiro atoms. The van der Waals surface area contributed by atoms with E-state index in [2.05, 4.69) is 23.9 Å². The number of benzene rings is 1. The zero-order valence-corrected chi connectivity index (χ0v) is 10.4. The second-order valence-electron chi connectivity index (χ2n) is 3.65. The Morgan fingerprint density at radius 1 is 1.65 bits per heavy atom. The Morgan fingerprint density at radius 2 is 2.35 bits per heavy atom. The number of rotatable bonds is 4. The maximum Gasteiger partial charge on any atom is 0.255 e. The Labute approximate surface area is 106 Å². The summed E-state index contributed by atoms with van der Waals surface area (Å²) < 4.78 is 13.4. The van der Waals surface area contributed by atoms with Crippen LogP contribution in [0.1, 0.15) is 30.1 Å². The number of hydrogen-bond acceptors (Lipinski definition) is 2. The minimum absolute atomic E-state index is 0.0335. The molecule has 0 bridgehead atoms. The van der Waals surface area contributed by atoms with Gasteiger partial charge in [-0.2, -0.15) is 0 Å². The third-order valence-corrected chi connectivity index (χ3v) is 2.56. The lowest BCUT2D eigenvalue weighted by Gasteiger charge is -2.12. The Morgan fingerprint density at radius 3 is 2.94 bits per heavy atom. The third kappa shape index (κ3) is 3.79. The molecule has 0 heterocycles. The van der Waals surface area contributed by atoms with Gasteiger partial charge in [-0.1, -0.05) is 19.3 Å². The molecule has 1 unspecified atom stereocenters. The first kappa shape index (κ1) is 13.6. The molecule has 1 rings (SSSR count). The normalized spacial score (nSPS) is 11.6. The summed E-state index contributed by atoms with van der Waals surface area (Å²) in [6, 6.07) is 3.71. The molecule has 1 atom stereocenters. The number of thiol groups is 1. The van der Waals surface area contributed by atoms with Crippen molar-refractivity contribution < 1.29 is 9.18 Å². The Bertz CT molecular complexity index is 453. The molecule has 0 saturated heterocycles. The zero-order valence-electron chi connectivity index (χ0n) is 9.53. The van der Waals surface area contributed by atoms with Crippen LogP contribution in [0.15, 0.2) is 23.1 Å². The van der Waals surface area contributed by atoms with Gasteiger partial charge in [0.25, 0.3) is 5.91 Å². The minimum Gasteiger partial charge on any atom is -0.338 e. The van der Waals surface area contributed by atoms with Crippen molar-refractivity contribution in [1.29, 1.82) is 0 Å². The fourth-order valence-corrected chi connectivity index (χ4v) is 1.61. The van der Waals surface area contributed by atoms with E-state index in [0.717, 1.165) is 6.42 Å². The van der Waals surface area contributed by atoms with E-state index in [1.807, 2.05) is 6.92 Å². The fraction of sp³-hybridized carbons (Fsp3) is 0.308. The van der Waals surface area contributed by atoms with Crippen molar-refractivity contribution in [3.8, 4) is 12.3 Å². The first-order valence-corrected chi connectivity index (χ1v) is 5.78. The van der Waals surface area contributed by atoms with E-state index in [9.17, 15) is 9.18 Å². The predicted molar refractivity (Wildman–Crippen MR) is 68.6 cm³/mol. The monoisotopic (exact) mass is 251 g/mol. The highest BCUT2D eigenvalue weighted by Gasteiger charge is 2.14. The summed E-state index contributed by atoms with van der Waals surface area (Å²) in [7, 11) is 0. The van der Waals surface area contributed by atoms with Gasteiger partial charge in [0.2, 0.25) is 0 Å². The van der Waals surface area contributed by atoms with Gasteiger partial charge in [0.1, 0.15) is 5.82 Å². The molecule has 1 aromatic rings. The molecule has 0 radical (unpaired) electrons. The molecule has 2 nitrogen and oxygen atoms in total. The molecule has 0 aromatic heterocycles. The SMILES string of the molecule is C#CC(CCC)NC(=O)c1cc(S)ccc1F. The van der Waals surface area contributed by atoms with Crippen LogP contribution in [0.2, 0.25) is 0 Å². The Hall–Kier alpha value is -1.47. The smallest absolute Gasteiger partial charge is 0.255 e. The first-order chi connectivity index (χ1) is 8.08. The summed E-state index contributed by atoms with van der Waals surface area (Å²) in [5, 5.41) is 2.60. The lowest BCUT2D eigenvalue weighted by atomic mass is 10.1. The predicted octanol–water partition coefficient (Wildman–Crippen LogP) is 2.65. The zero-order chi connectivity index (χ0) is 12.8. The number of amides is 1. The van der Waals surface area contributed by atoms with Gasteiger partial charge >= 0.3 is 0 Å². The third-order valence-electron chi connectivity index (χ3n) is 2.28. The molecule has 1 aromatic carbocycles. The van der Waals surface area contributed by atoms with Gasteiger partial charge < -0.3 is 5.32 Å². The van der Waals surface area contributed by atoms with Crippen LogP contribution in [0.5, 0.6) is 0 Å². The van der Waals surface area contributed by atoms with Gasteiger partial charge in [0.05, 0.1) is 11.6 Å². The van der Waals surface area contributed by atoms with Crippen LogP contribution < -0.4 is 5.32 Å². The van der Waals surface area contributed by atoms with Crippen molar-refractivity contribution in [3.63, 3.8) is 0 Å². The molecule has 0 aliphatic rings. The van der Waals surface area contributed by atoms with E-state index in [4.69, 9.17) is 6.42 Å².